The Hall–Kier alpha value is -1.89. The number of sulfone groups is 1. The van der Waals surface area contributed by atoms with Crippen LogP contribution in [0.15, 0.2) is 18.2 Å². The van der Waals surface area contributed by atoms with Crippen molar-refractivity contribution >= 4 is 26.8 Å². The van der Waals surface area contributed by atoms with Gasteiger partial charge in [0.2, 0.25) is 0 Å². The van der Waals surface area contributed by atoms with E-state index in [4.69, 9.17) is 5.11 Å². The second-order valence-electron chi connectivity index (χ2n) is 4.80. The van der Waals surface area contributed by atoms with Crippen LogP contribution in [0.3, 0.4) is 0 Å². The van der Waals surface area contributed by atoms with Crippen LogP contribution >= 0.6 is 0 Å². The van der Waals surface area contributed by atoms with E-state index in [-0.39, 0.29) is 11.3 Å². The quantitative estimate of drug-likeness (QED) is 0.902. The van der Waals surface area contributed by atoms with Crippen molar-refractivity contribution in [3.8, 4) is 0 Å². The lowest BCUT2D eigenvalue weighted by atomic mass is 10.2. The monoisotopic (exact) mass is 296 g/mol. The zero-order chi connectivity index (χ0) is 14.9. The summed E-state index contributed by atoms with van der Waals surface area (Å²) in [5.74, 6) is -0.144. The highest BCUT2D eigenvalue weighted by Gasteiger charge is 2.11. The summed E-state index contributed by atoms with van der Waals surface area (Å²) in [4.78, 5) is 15.3. The zero-order valence-electron chi connectivity index (χ0n) is 11.3. The Bertz CT molecular complexity index is 762. The van der Waals surface area contributed by atoms with Crippen LogP contribution in [0.25, 0.3) is 11.0 Å². The highest BCUT2D eigenvalue weighted by molar-refractivity contribution is 7.90. The van der Waals surface area contributed by atoms with Crippen molar-refractivity contribution in [2.24, 2.45) is 0 Å². The molecule has 6 nitrogen and oxygen atoms in total. The minimum absolute atomic E-state index is 0.102. The maximum Gasteiger partial charge on any atom is 0.335 e. The molecule has 0 atom stereocenters. The molecule has 108 valence electrons. The summed E-state index contributed by atoms with van der Waals surface area (Å²) in [6.45, 7) is 2.32. The lowest BCUT2D eigenvalue weighted by Crippen LogP contribution is -2.08. The summed E-state index contributed by atoms with van der Waals surface area (Å²) in [7, 11) is -2.99. The molecule has 0 amide bonds. The second kappa shape index (κ2) is 5.24. The fraction of sp³-hybridized carbons (Fsp3) is 0.385. The Morgan fingerprint density at radius 1 is 1.40 bits per heavy atom. The van der Waals surface area contributed by atoms with Crippen LogP contribution in [0.5, 0.6) is 0 Å². The van der Waals surface area contributed by atoms with Crippen LogP contribution in [0.1, 0.15) is 22.6 Å². The fourth-order valence-electron chi connectivity index (χ4n) is 2.14. The third kappa shape index (κ3) is 3.16. The van der Waals surface area contributed by atoms with Crippen molar-refractivity contribution in [3.63, 3.8) is 0 Å². The van der Waals surface area contributed by atoms with Gasteiger partial charge in [-0.15, -0.1) is 0 Å². The maximum atomic E-state index is 11.1. The van der Waals surface area contributed by atoms with Gasteiger partial charge in [-0.3, -0.25) is 0 Å². The van der Waals surface area contributed by atoms with Crippen molar-refractivity contribution in [1.82, 2.24) is 9.55 Å². The largest absolute Gasteiger partial charge is 0.478 e. The number of aromatic carboxylic acids is 1. The smallest absolute Gasteiger partial charge is 0.335 e. The Morgan fingerprint density at radius 2 is 2.10 bits per heavy atom. The molecule has 0 aliphatic carbocycles. The molecule has 1 N–H and O–H groups in total. The summed E-state index contributed by atoms with van der Waals surface area (Å²) >= 11 is 0. The van der Waals surface area contributed by atoms with E-state index in [1.807, 2.05) is 11.5 Å². The Kier molecular flexibility index (Phi) is 3.80. The summed E-state index contributed by atoms with van der Waals surface area (Å²) in [5, 5.41) is 9.02. The predicted octanol–water partition coefficient (Wildman–Crippen LogP) is 1.48. The predicted molar refractivity (Wildman–Crippen MR) is 75.8 cm³/mol. The third-order valence-electron chi connectivity index (χ3n) is 3.08. The van der Waals surface area contributed by atoms with E-state index in [1.165, 1.54) is 12.3 Å². The average molecular weight is 296 g/mol. The van der Waals surface area contributed by atoms with Crippen molar-refractivity contribution in [1.29, 1.82) is 0 Å². The topological polar surface area (TPSA) is 89.3 Å². The number of nitrogens with zero attached hydrogens (tertiary/aromatic N) is 2. The van der Waals surface area contributed by atoms with Gasteiger partial charge in [0.05, 0.1) is 22.3 Å². The van der Waals surface area contributed by atoms with Gasteiger partial charge < -0.3 is 9.67 Å². The second-order valence-corrected chi connectivity index (χ2v) is 7.06. The number of fused-ring (bicyclic) bond motifs is 1. The van der Waals surface area contributed by atoms with E-state index in [9.17, 15) is 13.2 Å². The van der Waals surface area contributed by atoms with Crippen molar-refractivity contribution in [2.75, 3.05) is 12.0 Å². The molecule has 0 aliphatic heterocycles. The van der Waals surface area contributed by atoms with Gasteiger partial charge in [0, 0.05) is 12.8 Å². The highest BCUT2D eigenvalue weighted by atomic mass is 32.2. The number of carboxylic acid groups (broad SMARTS) is 1. The summed E-state index contributed by atoms with van der Waals surface area (Å²) in [6.07, 6.45) is 1.68. The molecule has 2 aromatic rings. The number of carboxylic acids is 1. The van der Waals surface area contributed by atoms with Gasteiger partial charge in [-0.1, -0.05) is 0 Å². The lowest BCUT2D eigenvalue weighted by Gasteiger charge is -2.06. The van der Waals surface area contributed by atoms with Gasteiger partial charge in [0.25, 0.3) is 0 Å². The van der Waals surface area contributed by atoms with Gasteiger partial charge in [0.15, 0.2) is 0 Å². The van der Waals surface area contributed by atoms with E-state index in [1.54, 1.807) is 12.1 Å². The zero-order valence-corrected chi connectivity index (χ0v) is 12.1. The molecule has 2 rings (SSSR count). The number of aryl methyl sites for hydroxylation is 2. The summed E-state index contributed by atoms with van der Waals surface area (Å²) in [6, 6.07) is 4.74. The highest BCUT2D eigenvalue weighted by Crippen LogP contribution is 2.18. The SMILES string of the molecule is Cc1nc2ccc(C(=O)O)cc2n1CCCS(C)(=O)=O. The van der Waals surface area contributed by atoms with E-state index < -0.39 is 15.8 Å². The van der Waals surface area contributed by atoms with Gasteiger partial charge in [-0.05, 0) is 31.5 Å². The molecule has 1 aromatic heterocycles. The lowest BCUT2D eigenvalue weighted by molar-refractivity contribution is 0.0697. The number of hydrogen-bond acceptors (Lipinski definition) is 4. The first-order chi connectivity index (χ1) is 9.28. The maximum absolute atomic E-state index is 11.1. The first-order valence-electron chi connectivity index (χ1n) is 6.16. The Morgan fingerprint density at radius 3 is 2.70 bits per heavy atom. The van der Waals surface area contributed by atoms with E-state index in [2.05, 4.69) is 4.98 Å². The molecule has 0 saturated carbocycles. The number of carbonyl (C=O) groups is 1. The normalized spacial score (nSPS) is 11.9. The summed E-state index contributed by atoms with van der Waals surface area (Å²) < 4.78 is 24.2. The van der Waals surface area contributed by atoms with Crippen LogP contribution < -0.4 is 0 Å². The number of aromatic nitrogens is 2. The number of imidazole rings is 1. The molecule has 0 unspecified atom stereocenters. The van der Waals surface area contributed by atoms with E-state index in [0.717, 1.165) is 11.3 Å². The van der Waals surface area contributed by atoms with E-state index >= 15 is 0 Å². The van der Waals surface area contributed by atoms with Gasteiger partial charge in [-0.2, -0.15) is 0 Å². The summed E-state index contributed by atoms with van der Waals surface area (Å²) in [5.41, 5.74) is 1.63. The number of rotatable bonds is 5. The van der Waals surface area contributed by atoms with Crippen LogP contribution in [0.4, 0.5) is 0 Å². The van der Waals surface area contributed by atoms with Crippen molar-refractivity contribution < 1.29 is 18.3 Å². The van der Waals surface area contributed by atoms with Crippen LogP contribution in [-0.2, 0) is 16.4 Å². The van der Waals surface area contributed by atoms with Gasteiger partial charge in [-0.25, -0.2) is 18.2 Å². The van der Waals surface area contributed by atoms with Crippen LogP contribution in [0.2, 0.25) is 0 Å². The van der Waals surface area contributed by atoms with Gasteiger partial charge in [0.1, 0.15) is 15.7 Å². The average Bonchev–Trinajstić information content (AvgIpc) is 2.63. The standard InChI is InChI=1S/C13H16N2O4S/c1-9-14-11-5-4-10(13(16)17)8-12(11)15(9)6-3-7-20(2,18)19/h4-5,8H,3,6-7H2,1-2H3,(H,16,17). The Labute approximate surface area is 117 Å². The fourth-order valence-corrected chi connectivity index (χ4v) is 2.80. The molecule has 0 radical (unpaired) electrons. The van der Waals surface area contributed by atoms with E-state index in [0.29, 0.717) is 18.5 Å². The molecule has 0 saturated heterocycles. The van der Waals surface area contributed by atoms with Gasteiger partial charge >= 0.3 is 5.97 Å². The molecule has 0 aliphatic rings. The number of hydrogen-bond donors (Lipinski definition) is 1. The van der Waals surface area contributed by atoms with Crippen LogP contribution in [0, 0.1) is 6.92 Å². The molecule has 20 heavy (non-hydrogen) atoms. The first-order valence-corrected chi connectivity index (χ1v) is 8.22. The molecule has 7 heteroatoms. The molecule has 0 spiro atoms. The van der Waals surface area contributed by atoms with Crippen LogP contribution in [-0.4, -0.2) is 41.1 Å². The minimum Gasteiger partial charge on any atom is -0.478 e. The third-order valence-corrected chi connectivity index (χ3v) is 4.11. The Balaban J connectivity index is 2.34. The molecule has 0 fully saturated rings. The van der Waals surface area contributed by atoms with Crippen molar-refractivity contribution in [3.05, 3.63) is 29.6 Å². The molecule has 0 bridgehead atoms. The molecule has 1 aromatic carbocycles. The minimum atomic E-state index is -2.99. The molecular weight excluding hydrogens is 280 g/mol. The van der Waals surface area contributed by atoms with Crippen molar-refractivity contribution in [2.45, 2.75) is 19.9 Å². The molecule has 1 heterocycles. The number of benzene rings is 1. The molecular formula is C13H16N2O4S. The first kappa shape index (κ1) is 14.5.